The summed E-state index contributed by atoms with van der Waals surface area (Å²) in [4.78, 5) is 25.4. The molecule has 0 saturated carbocycles. The molecule has 194 valence electrons. The summed E-state index contributed by atoms with van der Waals surface area (Å²) >= 11 is 0. The van der Waals surface area contributed by atoms with Crippen molar-refractivity contribution in [3.8, 4) is 0 Å². The maximum absolute atomic E-state index is 13.0. The fraction of sp³-hybridized carbons (Fsp3) is 0.800. The van der Waals surface area contributed by atoms with Crippen molar-refractivity contribution in [2.75, 3.05) is 6.61 Å². The molecule has 0 aromatic carbocycles. The van der Waals surface area contributed by atoms with Gasteiger partial charge in [0.2, 0.25) is 5.91 Å². The molecule has 2 rings (SSSR count). The minimum Gasteiger partial charge on any atom is -0.415 e. The summed E-state index contributed by atoms with van der Waals surface area (Å²) in [6.45, 7) is 27.2. The van der Waals surface area contributed by atoms with Crippen LogP contribution in [0.1, 0.15) is 71.1 Å². The molecule has 1 aliphatic heterocycles. The van der Waals surface area contributed by atoms with Crippen molar-refractivity contribution in [1.82, 2.24) is 15.1 Å². The first-order valence-corrected chi connectivity index (χ1v) is 18.3. The summed E-state index contributed by atoms with van der Waals surface area (Å²) in [6.07, 6.45) is 0.0117. The van der Waals surface area contributed by atoms with E-state index in [0.717, 1.165) is 5.69 Å². The third-order valence-corrected chi connectivity index (χ3v) is 17.2. The van der Waals surface area contributed by atoms with Crippen molar-refractivity contribution in [3.05, 3.63) is 17.5 Å². The van der Waals surface area contributed by atoms with Gasteiger partial charge in [-0.15, -0.1) is 0 Å². The van der Waals surface area contributed by atoms with Crippen molar-refractivity contribution < 1.29 is 18.4 Å². The third-order valence-electron chi connectivity index (χ3n) is 8.10. The average Bonchev–Trinajstić information content (AvgIpc) is 2.99. The van der Waals surface area contributed by atoms with E-state index < -0.39 is 16.6 Å². The average molecular weight is 510 g/mol. The number of nitrogens with zero attached hydrogens (tertiary/aromatic N) is 2. The second kappa shape index (κ2) is 9.99. The number of amides is 1. The van der Waals surface area contributed by atoms with E-state index in [9.17, 15) is 9.59 Å². The fourth-order valence-corrected chi connectivity index (χ4v) is 6.13. The van der Waals surface area contributed by atoms with Gasteiger partial charge in [0.05, 0.1) is 31.2 Å². The van der Waals surface area contributed by atoms with Gasteiger partial charge in [-0.3, -0.25) is 14.3 Å². The van der Waals surface area contributed by atoms with Crippen LogP contribution in [-0.4, -0.2) is 56.9 Å². The molecule has 1 saturated heterocycles. The zero-order valence-electron chi connectivity index (χ0n) is 23.5. The van der Waals surface area contributed by atoms with E-state index in [1.54, 1.807) is 0 Å². The molecule has 9 heteroatoms. The van der Waals surface area contributed by atoms with Crippen LogP contribution in [0.15, 0.2) is 6.07 Å². The summed E-state index contributed by atoms with van der Waals surface area (Å²) in [5.41, 5.74) is 1.38. The van der Waals surface area contributed by atoms with E-state index in [1.807, 2.05) is 24.6 Å². The Hall–Kier alpha value is -1.30. The number of β-lactam (4-membered cyclic amide) rings is 1. The second-order valence-electron chi connectivity index (χ2n) is 12.9. The molecule has 0 bridgehead atoms. The monoisotopic (exact) mass is 509 g/mol. The molecule has 0 aliphatic carbocycles. The number of hydrogen-bond acceptors (Lipinski definition) is 5. The first-order chi connectivity index (χ1) is 15.3. The number of ketones is 1. The Kier molecular flexibility index (Phi) is 8.50. The Balaban J connectivity index is 1.99. The number of Topliss-reactive ketones (excluding diaryl/α,β-unsaturated/α-hetero) is 1. The van der Waals surface area contributed by atoms with Crippen LogP contribution in [0.4, 0.5) is 0 Å². The Morgan fingerprint density at radius 3 is 2.18 bits per heavy atom. The van der Waals surface area contributed by atoms with Gasteiger partial charge >= 0.3 is 0 Å². The Morgan fingerprint density at radius 1 is 1.12 bits per heavy atom. The molecular weight excluding hydrogens is 462 g/mol. The van der Waals surface area contributed by atoms with E-state index in [2.05, 4.69) is 78.1 Å². The molecule has 1 aliphatic rings. The van der Waals surface area contributed by atoms with Crippen molar-refractivity contribution in [3.63, 3.8) is 0 Å². The van der Waals surface area contributed by atoms with Crippen molar-refractivity contribution in [1.29, 1.82) is 0 Å². The van der Waals surface area contributed by atoms with Crippen LogP contribution < -0.4 is 5.32 Å². The van der Waals surface area contributed by atoms with E-state index in [1.165, 1.54) is 0 Å². The lowest BCUT2D eigenvalue weighted by atomic mass is 9.83. The highest BCUT2D eigenvalue weighted by Gasteiger charge is 2.48. The van der Waals surface area contributed by atoms with Crippen molar-refractivity contribution in [2.24, 2.45) is 5.92 Å². The predicted molar refractivity (Wildman–Crippen MR) is 142 cm³/mol. The molecule has 2 heterocycles. The lowest BCUT2D eigenvalue weighted by molar-refractivity contribution is -0.139. The maximum atomic E-state index is 13.0. The van der Waals surface area contributed by atoms with E-state index in [4.69, 9.17) is 8.85 Å². The summed E-state index contributed by atoms with van der Waals surface area (Å²) in [5.74, 6) is -0.394. The summed E-state index contributed by atoms with van der Waals surface area (Å²) in [6, 6.07) is 1.62. The maximum Gasteiger partial charge on any atom is 0.228 e. The van der Waals surface area contributed by atoms with Gasteiger partial charge < -0.3 is 14.2 Å². The van der Waals surface area contributed by atoms with E-state index in [0.29, 0.717) is 18.8 Å². The summed E-state index contributed by atoms with van der Waals surface area (Å²) in [7, 11) is -3.83. The first-order valence-electron chi connectivity index (χ1n) is 12.5. The largest absolute Gasteiger partial charge is 0.415 e. The Labute approximate surface area is 208 Å². The molecular formula is C25H47N3O4Si2. The van der Waals surface area contributed by atoms with Gasteiger partial charge in [-0.05, 0) is 56.2 Å². The van der Waals surface area contributed by atoms with Crippen LogP contribution in [0.2, 0.25) is 36.3 Å². The van der Waals surface area contributed by atoms with Crippen LogP contribution in [0.3, 0.4) is 0 Å². The van der Waals surface area contributed by atoms with Gasteiger partial charge in [-0.1, -0.05) is 41.5 Å². The molecule has 1 fully saturated rings. The number of hydrogen-bond donors (Lipinski definition) is 1. The van der Waals surface area contributed by atoms with Crippen LogP contribution in [0.25, 0.3) is 0 Å². The molecule has 34 heavy (non-hydrogen) atoms. The lowest BCUT2D eigenvalue weighted by Crippen LogP contribution is -2.64. The standard InChI is InChI=1S/C25H47N3O4Si2/c1-17-15-19(27-28(17)13-14-31-33(9,10)24(3,4)5)21(29)16-20-22(23(30)26-20)18(2)32-34(11,12)25(6,7)8/h15,18,20,22H,13-14,16H2,1-12H3,(H,26,30)/t18-,20-,22-/m1/s1. The lowest BCUT2D eigenvalue weighted by Gasteiger charge is -2.45. The normalized spacial score (nSPS) is 20.6. The number of carbonyl (C=O) groups is 2. The second-order valence-corrected chi connectivity index (χ2v) is 22.4. The predicted octanol–water partition coefficient (Wildman–Crippen LogP) is 5.31. The number of rotatable bonds is 10. The van der Waals surface area contributed by atoms with E-state index in [-0.39, 0.29) is 46.3 Å². The van der Waals surface area contributed by atoms with Gasteiger partial charge in [0, 0.05) is 12.1 Å². The first kappa shape index (κ1) is 28.9. The number of aromatic nitrogens is 2. The molecule has 7 nitrogen and oxygen atoms in total. The number of nitrogens with one attached hydrogen (secondary N) is 1. The smallest absolute Gasteiger partial charge is 0.228 e. The quantitative estimate of drug-likeness (QED) is 0.262. The Morgan fingerprint density at radius 2 is 1.68 bits per heavy atom. The fourth-order valence-electron chi connectivity index (χ4n) is 3.67. The van der Waals surface area contributed by atoms with Gasteiger partial charge in [0.25, 0.3) is 0 Å². The molecule has 1 aromatic rings. The SMILES string of the molecule is Cc1cc(C(=O)C[C@H]2NC(=O)[C@@H]2[C@@H](C)O[Si](C)(C)C(C)(C)C)nn1CCO[Si](C)(C)C(C)(C)C. The van der Waals surface area contributed by atoms with Gasteiger partial charge in [0.15, 0.2) is 22.4 Å². The highest BCUT2D eigenvalue weighted by Crippen LogP contribution is 2.39. The van der Waals surface area contributed by atoms with Crippen LogP contribution >= 0.6 is 0 Å². The van der Waals surface area contributed by atoms with Gasteiger partial charge in [-0.2, -0.15) is 5.10 Å². The van der Waals surface area contributed by atoms with Crippen LogP contribution in [-0.2, 0) is 20.2 Å². The third kappa shape index (κ3) is 6.47. The van der Waals surface area contributed by atoms with Crippen LogP contribution in [0, 0.1) is 12.8 Å². The van der Waals surface area contributed by atoms with Crippen molar-refractivity contribution in [2.45, 2.75) is 117 Å². The molecule has 1 aromatic heterocycles. The van der Waals surface area contributed by atoms with Gasteiger partial charge in [-0.25, -0.2) is 0 Å². The molecule has 0 radical (unpaired) electrons. The Bertz CT molecular complexity index is 897. The summed E-state index contributed by atoms with van der Waals surface area (Å²) in [5, 5.41) is 7.68. The molecule has 1 amide bonds. The molecule has 1 N–H and O–H groups in total. The zero-order chi connectivity index (χ0) is 26.3. The zero-order valence-corrected chi connectivity index (χ0v) is 25.5. The summed E-state index contributed by atoms with van der Waals surface area (Å²) < 4.78 is 14.6. The minimum atomic E-state index is -2.01. The number of carbonyl (C=O) groups excluding carboxylic acids is 2. The highest BCUT2D eigenvalue weighted by atomic mass is 28.4. The van der Waals surface area contributed by atoms with E-state index >= 15 is 0 Å². The minimum absolute atomic E-state index is 0.0338. The topological polar surface area (TPSA) is 82.5 Å². The number of aryl methyl sites for hydroxylation is 1. The highest BCUT2D eigenvalue weighted by molar-refractivity contribution is 6.74. The molecule has 0 unspecified atom stereocenters. The van der Waals surface area contributed by atoms with Gasteiger partial charge in [0.1, 0.15) is 5.69 Å². The van der Waals surface area contributed by atoms with Crippen molar-refractivity contribution >= 4 is 28.3 Å². The van der Waals surface area contributed by atoms with Crippen LogP contribution in [0.5, 0.6) is 0 Å². The molecule has 3 atom stereocenters. The molecule has 0 spiro atoms.